The molecular formula is C14H18N4. The predicted octanol–water partition coefficient (Wildman–Crippen LogP) is 2.63. The van der Waals surface area contributed by atoms with Gasteiger partial charge in [-0.3, -0.25) is 4.99 Å². The van der Waals surface area contributed by atoms with E-state index in [1.165, 1.54) is 5.69 Å². The standard InChI is InChI=1S/C14H18N4/c1-4-17(2)13-7-5-12(6-8-13)16-11-14-15-9-10-18(14)3/h5-11H,4H2,1-3H3. The molecule has 0 bridgehead atoms. The summed E-state index contributed by atoms with van der Waals surface area (Å²) >= 11 is 0. The number of hydrogen-bond donors (Lipinski definition) is 0. The van der Waals surface area contributed by atoms with Crippen molar-refractivity contribution in [3.8, 4) is 0 Å². The van der Waals surface area contributed by atoms with E-state index in [2.05, 4.69) is 41.0 Å². The summed E-state index contributed by atoms with van der Waals surface area (Å²) in [6.45, 7) is 3.13. The van der Waals surface area contributed by atoms with E-state index in [-0.39, 0.29) is 0 Å². The highest BCUT2D eigenvalue weighted by Gasteiger charge is 1.98. The zero-order chi connectivity index (χ0) is 13.0. The topological polar surface area (TPSA) is 33.4 Å². The average molecular weight is 242 g/mol. The minimum atomic E-state index is 0.852. The third kappa shape index (κ3) is 2.77. The molecule has 0 aliphatic heterocycles. The molecular weight excluding hydrogens is 224 g/mol. The smallest absolute Gasteiger partial charge is 0.150 e. The number of benzene rings is 1. The molecule has 0 saturated heterocycles. The van der Waals surface area contributed by atoms with Crippen molar-refractivity contribution in [2.45, 2.75) is 6.92 Å². The molecule has 4 heteroatoms. The quantitative estimate of drug-likeness (QED) is 0.772. The second-order valence-electron chi connectivity index (χ2n) is 4.19. The molecule has 0 spiro atoms. The summed E-state index contributed by atoms with van der Waals surface area (Å²) < 4.78 is 1.93. The summed E-state index contributed by atoms with van der Waals surface area (Å²) in [5.74, 6) is 0.852. The summed E-state index contributed by atoms with van der Waals surface area (Å²) in [6, 6.07) is 8.19. The molecule has 2 rings (SSSR count). The highest BCUT2D eigenvalue weighted by Crippen LogP contribution is 2.18. The Morgan fingerprint density at radius 2 is 2.06 bits per heavy atom. The van der Waals surface area contributed by atoms with E-state index in [4.69, 9.17) is 0 Å². The summed E-state index contributed by atoms with van der Waals surface area (Å²) in [7, 11) is 4.03. The number of nitrogens with zero attached hydrogens (tertiary/aromatic N) is 4. The van der Waals surface area contributed by atoms with Gasteiger partial charge in [0.2, 0.25) is 0 Å². The SMILES string of the molecule is CCN(C)c1ccc(N=Cc2nccn2C)cc1. The molecule has 0 atom stereocenters. The fourth-order valence-electron chi connectivity index (χ4n) is 1.61. The number of aryl methyl sites for hydroxylation is 1. The van der Waals surface area contributed by atoms with E-state index in [1.54, 1.807) is 12.4 Å². The number of anilines is 1. The Hall–Kier alpha value is -2.10. The largest absolute Gasteiger partial charge is 0.375 e. The van der Waals surface area contributed by atoms with Crippen LogP contribution in [0, 0.1) is 0 Å². The second-order valence-corrected chi connectivity index (χ2v) is 4.19. The van der Waals surface area contributed by atoms with Crippen LogP contribution < -0.4 is 4.90 Å². The van der Waals surface area contributed by atoms with Gasteiger partial charge in [0, 0.05) is 38.7 Å². The molecule has 2 aromatic rings. The molecule has 1 heterocycles. The molecule has 0 aliphatic rings. The maximum atomic E-state index is 4.41. The fourth-order valence-corrected chi connectivity index (χ4v) is 1.61. The van der Waals surface area contributed by atoms with E-state index in [9.17, 15) is 0 Å². The van der Waals surface area contributed by atoms with Gasteiger partial charge < -0.3 is 9.47 Å². The van der Waals surface area contributed by atoms with Crippen molar-refractivity contribution in [1.82, 2.24) is 9.55 Å². The summed E-state index contributed by atoms with van der Waals surface area (Å²) in [5.41, 5.74) is 2.14. The van der Waals surface area contributed by atoms with Gasteiger partial charge in [-0.15, -0.1) is 0 Å². The lowest BCUT2D eigenvalue weighted by molar-refractivity contribution is 0.902. The Bertz CT molecular complexity index is 525. The number of rotatable bonds is 4. The third-order valence-electron chi connectivity index (χ3n) is 2.95. The van der Waals surface area contributed by atoms with E-state index < -0.39 is 0 Å². The molecule has 1 aromatic carbocycles. The number of aliphatic imine (C=N–C) groups is 1. The van der Waals surface area contributed by atoms with Gasteiger partial charge in [-0.1, -0.05) is 0 Å². The summed E-state index contributed by atoms with van der Waals surface area (Å²) in [4.78, 5) is 10.8. The van der Waals surface area contributed by atoms with Gasteiger partial charge in [-0.2, -0.15) is 0 Å². The normalized spacial score (nSPS) is 11.1. The van der Waals surface area contributed by atoms with Crippen LogP contribution in [0.4, 0.5) is 11.4 Å². The molecule has 18 heavy (non-hydrogen) atoms. The van der Waals surface area contributed by atoms with Gasteiger partial charge in [-0.25, -0.2) is 4.98 Å². The first-order valence-corrected chi connectivity index (χ1v) is 6.03. The van der Waals surface area contributed by atoms with Crippen molar-refractivity contribution in [2.24, 2.45) is 12.0 Å². The molecule has 0 unspecified atom stereocenters. The maximum Gasteiger partial charge on any atom is 0.150 e. The Morgan fingerprint density at radius 1 is 1.33 bits per heavy atom. The molecule has 0 aliphatic carbocycles. The van der Waals surface area contributed by atoms with Gasteiger partial charge >= 0.3 is 0 Å². The molecule has 0 radical (unpaired) electrons. The maximum absolute atomic E-state index is 4.41. The van der Waals surface area contributed by atoms with E-state index in [0.29, 0.717) is 0 Å². The molecule has 1 aromatic heterocycles. The Balaban J connectivity index is 2.11. The van der Waals surface area contributed by atoms with Crippen LogP contribution >= 0.6 is 0 Å². The highest BCUT2D eigenvalue weighted by molar-refractivity contribution is 5.77. The van der Waals surface area contributed by atoms with Crippen LogP contribution in [0.25, 0.3) is 0 Å². The highest BCUT2D eigenvalue weighted by atomic mass is 15.1. The molecule has 0 saturated carbocycles. The van der Waals surface area contributed by atoms with E-state index >= 15 is 0 Å². The molecule has 0 N–H and O–H groups in total. The minimum absolute atomic E-state index is 0.852. The second kappa shape index (κ2) is 5.49. The van der Waals surface area contributed by atoms with Crippen LogP contribution in [-0.2, 0) is 7.05 Å². The first-order valence-electron chi connectivity index (χ1n) is 6.03. The zero-order valence-corrected chi connectivity index (χ0v) is 11.0. The first kappa shape index (κ1) is 12.4. The van der Waals surface area contributed by atoms with Gasteiger partial charge in [0.05, 0.1) is 11.9 Å². The van der Waals surface area contributed by atoms with Gasteiger partial charge in [0.15, 0.2) is 5.82 Å². The van der Waals surface area contributed by atoms with Gasteiger partial charge in [0.25, 0.3) is 0 Å². The lowest BCUT2D eigenvalue weighted by atomic mass is 10.2. The zero-order valence-electron chi connectivity index (χ0n) is 11.0. The van der Waals surface area contributed by atoms with Crippen molar-refractivity contribution in [2.75, 3.05) is 18.5 Å². The van der Waals surface area contributed by atoms with Crippen LogP contribution in [-0.4, -0.2) is 29.4 Å². The molecule has 0 amide bonds. The van der Waals surface area contributed by atoms with Crippen molar-refractivity contribution in [1.29, 1.82) is 0 Å². The lowest BCUT2D eigenvalue weighted by Crippen LogP contribution is -2.15. The van der Waals surface area contributed by atoms with Crippen LogP contribution in [0.15, 0.2) is 41.7 Å². The third-order valence-corrected chi connectivity index (χ3v) is 2.95. The minimum Gasteiger partial charge on any atom is -0.375 e. The van der Waals surface area contributed by atoms with Crippen LogP contribution in [0.5, 0.6) is 0 Å². The van der Waals surface area contributed by atoms with Crippen LogP contribution in [0.3, 0.4) is 0 Å². The molecule has 94 valence electrons. The number of imidazole rings is 1. The van der Waals surface area contributed by atoms with Gasteiger partial charge in [-0.05, 0) is 31.2 Å². The Labute approximate surface area is 108 Å². The van der Waals surface area contributed by atoms with Crippen molar-refractivity contribution in [3.05, 3.63) is 42.5 Å². The summed E-state index contributed by atoms with van der Waals surface area (Å²) in [6.07, 6.45) is 5.44. The van der Waals surface area contributed by atoms with Crippen molar-refractivity contribution in [3.63, 3.8) is 0 Å². The summed E-state index contributed by atoms with van der Waals surface area (Å²) in [5, 5.41) is 0. The molecule has 0 fully saturated rings. The van der Waals surface area contributed by atoms with Crippen molar-refractivity contribution >= 4 is 17.6 Å². The van der Waals surface area contributed by atoms with Crippen LogP contribution in [0.1, 0.15) is 12.7 Å². The predicted molar refractivity (Wildman–Crippen MR) is 75.8 cm³/mol. The van der Waals surface area contributed by atoms with E-state index in [1.807, 2.05) is 29.9 Å². The van der Waals surface area contributed by atoms with Crippen LogP contribution in [0.2, 0.25) is 0 Å². The lowest BCUT2D eigenvalue weighted by Gasteiger charge is -2.16. The monoisotopic (exact) mass is 242 g/mol. The fraction of sp³-hybridized carbons (Fsp3) is 0.286. The average Bonchev–Trinajstić information content (AvgIpc) is 2.81. The Morgan fingerprint density at radius 3 is 2.61 bits per heavy atom. The van der Waals surface area contributed by atoms with Crippen molar-refractivity contribution < 1.29 is 0 Å². The van der Waals surface area contributed by atoms with Gasteiger partial charge in [0.1, 0.15) is 0 Å². The number of hydrogen-bond acceptors (Lipinski definition) is 3. The number of aromatic nitrogens is 2. The molecule has 4 nitrogen and oxygen atoms in total. The Kier molecular flexibility index (Phi) is 3.77. The first-order chi connectivity index (χ1) is 8.70. The van der Waals surface area contributed by atoms with E-state index in [0.717, 1.165) is 18.1 Å².